The average molecular weight is 258 g/mol. The van der Waals surface area contributed by atoms with Gasteiger partial charge in [0.1, 0.15) is 16.4 Å². The van der Waals surface area contributed by atoms with E-state index in [-0.39, 0.29) is 11.4 Å². The maximum absolute atomic E-state index is 12.4. The number of rotatable bonds is 3. The van der Waals surface area contributed by atoms with Gasteiger partial charge in [0.25, 0.3) is 0 Å². The SMILES string of the molecule is Cc1oc(CN)cc1S(=O)(=O)N1CCC(C)C1. The number of nitrogens with zero attached hydrogens (tertiary/aromatic N) is 1. The van der Waals surface area contributed by atoms with Crippen molar-refractivity contribution in [2.75, 3.05) is 13.1 Å². The number of sulfonamides is 1. The molecule has 2 N–H and O–H groups in total. The van der Waals surface area contributed by atoms with Crippen molar-refractivity contribution < 1.29 is 12.8 Å². The Kier molecular flexibility index (Phi) is 3.29. The molecule has 2 heterocycles. The van der Waals surface area contributed by atoms with Crippen LogP contribution in [0.5, 0.6) is 0 Å². The van der Waals surface area contributed by atoms with Gasteiger partial charge in [-0.25, -0.2) is 8.42 Å². The summed E-state index contributed by atoms with van der Waals surface area (Å²) < 4.78 is 31.5. The van der Waals surface area contributed by atoms with Gasteiger partial charge in [0.2, 0.25) is 10.0 Å². The molecule has 1 aromatic rings. The van der Waals surface area contributed by atoms with Crippen LogP contribution >= 0.6 is 0 Å². The van der Waals surface area contributed by atoms with Crippen LogP contribution < -0.4 is 5.73 Å². The highest BCUT2D eigenvalue weighted by Crippen LogP contribution is 2.27. The van der Waals surface area contributed by atoms with Gasteiger partial charge in [-0.3, -0.25) is 0 Å². The molecular formula is C11H18N2O3S. The number of hydrogen-bond donors (Lipinski definition) is 1. The van der Waals surface area contributed by atoms with Gasteiger partial charge in [-0.15, -0.1) is 0 Å². The van der Waals surface area contributed by atoms with Gasteiger partial charge in [0.15, 0.2) is 0 Å². The molecule has 96 valence electrons. The molecule has 1 aliphatic heterocycles. The molecule has 0 aromatic carbocycles. The largest absolute Gasteiger partial charge is 0.464 e. The van der Waals surface area contributed by atoms with Crippen molar-refractivity contribution in [1.82, 2.24) is 4.31 Å². The average Bonchev–Trinajstić information content (AvgIpc) is 2.85. The zero-order valence-corrected chi connectivity index (χ0v) is 11.0. The Labute approximate surface area is 102 Å². The van der Waals surface area contributed by atoms with E-state index in [1.165, 1.54) is 10.4 Å². The zero-order chi connectivity index (χ0) is 12.6. The van der Waals surface area contributed by atoms with Crippen LogP contribution in [0.1, 0.15) is 24.9 Å². The summed E-state index contributed by atoms with van der Waals surface area (Å²) in [5.41, 5.74) is 5.45. The lowest BCUT2D eigenvalue weighted by Crippen LogP contribution is -2.28. The molecule has 1 aliphatic rings. The van der Waals surface area contributed by atoms with Crippen LogP contribution in [-0.4, -0.2) is 25.8 Å². The highest BCUT2D eigenvalue weighted by atomic mass is 32.2. The first-order valence-electron chi connectivity index (χ1n) is 5.74. The van der Waals surface area contributed by atoms with E-state index in [1.807, 2.05) is 0 Å². The van der Waals surface area contributed by atoms with Crippen molar-refractivity contribution in [2.24, 2.45) is 11.7 Å². The second-order valence-corrected chi connectivity index (χ2v) is 6.50. The molecule has 1 fully saturated rings. The Hall–Kier alpha value is -0.850. The van der Waals surface area contributed by atoms with Crippen molar-refractivity contribution >= 4 is 10.0 Å². The summed E-state index contributed by atoms with van der Waals surface area (Å²) in [7, 11) is -3.41. The summed E-state index contributed by atoms with van der Waals surface area (Å²) in [6, 6.07) is 1.54. The normalized spacial score (nSPS) is 22.2. The van der Waals surface area contributed by atoms with E-state index in [0.717, 1.165) is 6.42 Å². The summed E-state index contributed by atoms with van der Waals surface area (Å²) >= 11 is 0. The standard InChI is InChI=1S/C11H18N2O3S/c1-8-3-4-13(7-8)17(14,15)11-5-10(6-12)16-9(11)2/h5,8H,3-4,6-7,12H2,1-2H3. The van der Waals surface area contributed by atoms with Gasteiger partial charge >= 0.3 is 0 Å². The molecule has 1 atom stereocenters. The third-order valence-electron chi connectivity index (χ3n) is 3.13. The molecule has 2 rings (SSSR count). The third kappa shape index (κ3) is 2.25. The number of furan rings is 1. The van der Waals surface area contributed by atoms with Crippen LogP contribution in [0.25, 0.3) is 0 Å². The van der Waals surface area contributed by atoms with E-state index in [4.69, 9.17) is 10.2 Å². The monoisotopic (exact) mass is 258 g/mol. The topological polar surface area (TPSA) is 76.5 Å². The first kappa shape index (κ1) is 12.6. The molecule has 0 radical (unpaired) electrons. The second-order valence-electron chi connectivity index (χ2n) is 4.59. The Morgan fingerprint density at radius 3 is 2.76 bits per heavy atom. The fraction of sp³-hybridized carbons (Fsp3) is 0.636. The lowest BCUT2D eigenvalue weighted by Gasteiger charge is -2.14. The number of hydrogen-bond acceptors (Lipinski definition) is 4. The van der Waals surface area contributed by atoms with E-state index in [1.54, 1.807) is 6.92 Å². The van der Waals surface area contributed by atoms with Gasteiger partial charge in [-0.1, -0.05) is 6.92 Å². The van der Waals surface area contributed by atoms with Crippen LogP contribution in [0.4, 0.5) is 0 Å². The van der Waals surface area contributed by atoms with Crippen LogP contribution in [0.15, 0.2) is 15.4 Å². The van der Waals surface area contributed by atoms with Crippen LogP contribution in [-0.2, 0) is 16.6 Å². The molecular weight excluding hydrogens is 240 g/mol. The van der Waals surface area contributed by atoms with Gasteiger partial charge in [-0.2, -0.15) is 4.31 Å². The fourth-order valence-corrected chi connectivity index (χ4v) is 3.89. The summed E-state index contributed by atoms with van der Waals surface area (Å²) in [5.74, 6) is 1.35. The molecule has 0 saturated carbocycles. The predicted molar refractivity (Wildman–Crippen MR) is 63.9 cm³/mol. The predicted octanol–water partition coefficient (Wildman–Crippen LogP) is 1.08. The van der Waals surface area contributed by atoms with Crippen molar-refractivity contribution in [2.45, 2.75) is 31.7 Å². The van der Waals surface area contributed by atoms with E-state index in [0.29, 0.717) is 30.5 Å². The summed E-state index contributed by atoms with van der Waals surface area (Å²) in [6.07, 6.45) is 0.917. The van der Waals surface area contributed by atoms with E-state index < -0.39 is 10.0 Å². The smallest absolute Gasteiger partial charge is 0.246 e. The Morgan fingerprint density at radius 1 is 1.59 bits per heavy atom. The number of aryl methyl sites for hydroxylation is 1. The highest BCUT2D eigenvalue weighted by Gasteiger charge is 2.33. The first-order chi connectivity index (χ1) is 7.95. The van der Waals surface area contributed by atoms with E-state index >= 15 is 0 Å². The summed E-state index contributed by atoms with van der Waals surface area (Å²) in [6.45, 7) is 5.11. The highest BCUT2D eigenvalue weighted by molar-refractivity contribution is 7.89. The third-order valence-corrected chi connectivity index (χ3v) is 5.10. The van der Waals surface area contributed by atoms with Gasteiger partial charge in [0, 0.05) is 19.2 Å². The summed E-state index contributed by atoms with van der Waals surface area (Å²) in [4.78, 5) is 0.257. The molecule has 0 amide bonds. The molecule has 1 saturated heterocycles. The molecule has 0 spiro atoms. The molecule has 17 heavy (non-hydrogen) atoms. The van der Waals surface area contributed by atoms with Crippen molar-refractivity contribution in [3.8, 4) is 0 Å². The fourth-order valence-electron chi connectivity index (χ4n) is 2.13. The zero-order valence-electron chi connectivity index (χ0n) is 10.1. The summed E-state index contributed by atoms with van der Waals surface area (Å²) in [5, 5.41) is 0. The second kappa shape index (κ2) is 4.44. The molecule has 0 bridgehead atoms. The lowest BCUT2D eigenvalue weighted by atomic mass is 10.2. The van der Waals surface area contributed by atoms with Crippen LogP contribution in [0.2, 0.25) is 0 Å². The Morgan fingerprint density at radius 2 is 2.29 bits per heavy atom. The molecule has 0 aliphatic carbocycles. The van der Waals surface area contributed by atoms with E-state index in [2.05, 4.69) is 6.92 Å². The minimum atomic E-state index is -3.41. The quantitative estimate of drug-likeness (QED) is 0.880. The first-order valence-corrected chi connectivity index (χ1v) is 7.18. The lowest BCUT2D eigenvalue weighted by molar-refractivity contribution is 0.455. The molecule has 6 heteroatoms. The molecule has 1 aromatic heterocycles. The molecule has 1 unspecified atom stereocenters. The maximum Gasteiger partial charge on any atom is 0.246 e. The van der Waals surface area contributed by atoms with Crippen molar-refractivity contribution in [3.63, 3.8) is 0 Å². The maximum atomic E-state index is 12.4. The molecule has 5 nitrogen and oxygen atoms in total. The Bertz CT molecular complexity index is 507. The van der Waals surface area contributed by atoms with Crippen LogP contribution in [0, 0.1) is 12.8 Å². The van der Waals surface area contributed by atoms with Gasteiger partial charge in [-0.05, 0) is 19.3 Å². The van der Waals surface area contributed by atoms with Crippen molar-refractivity contribution in [1.29, 1.82) is 0 Å². The van der Waals surface area contributed by atoms with Crippen LogP contribution in [0.3, 0.4) is 0 Å². The Balaban J connectivity index is 2.34. The minimum absolute atomic E-state index is 0.215. The minimum Gasteiger partial charge on any atom is -0.464 e. The van der Waals surface area contributed by atoms with E-state index in [9.17, 15) is 8.42 Å². The van der Waals surface area contributed by atoms with Crippen molar-refractivity contribution in [3.05, 3.63) is 17.6 Å². The number of nitrogens with two attached hydrogens (primary N) is 1. The van der Waals surface area contributed by atoms with Gasteiger partial charge in [0.05, 0.1) is 6.54 Å². The van der Waals surface area contributed by atoms with Gasteiger partial charge < -0.3 is 10.2 Å².